The molecule has 0 saturated carbocycles. The van der Waals surface area contributed by atoms with Gasteiger partial charge in [-0.05, 0) is 12.1 Å². The monoisotopic (exact) mass is 334 g/mol. The molecule has 9 heteroatoms. The summed E-state index contributed by atoms with van der Waals surface area (Å²) in [4.78, 5) is 28.4. The number of rotatable bonds is 2. The highest BCUT2D eigenvalue weighted by molar-refractivity contribution is 7.91. The Morgan fingerprint density at radius 1 is 0.913 bits per heavy atom. The molecular weight excluding hydrogens is 320 g/mol. The van der Waals surface area contributed by atoms with Gasteiger partial charge >= 0.3 is 5.69 Å². The zero-order valence-corrected chi connectivity index (χ0v) is 13.5. The molecule has 0 fully saturated rings. The Bertz CT molecular complexity index is 1140. The highest BCUT2D eigenvalue weighted by Gasteiger charge is 2.27. The number of aryl methyl sites for hydroxylation is 2. The van der Waals surface area contributed by atoms with Crippen LogP contribution < -0.4 is 11.2 Å². The molecule has 0 radical (unpaired) electrons. The quantitative estimate of drug-likeness (QED) is 0.647. The van der Waals surface area contributed by atoms with E-state index in [9.17, 15) is 18.0 Å². The fourth-order valence-electron chi connectivity index (χ4n) is 2.44. The number of benzene rings is 1. The predicted octanol–water partition coefficient (Wildman–Crippen LogP) is -0.196. The third-order valence-electron chi connectivity index (χ3n) is 3.73. The van der Waals surface area contributed by atoms with Gasteiger partial charge in [0.1, 0.15) is 0 Å². The van der Waals surface area contributed by atoms with Crippen molar-refractivity contribution in [3.63, 3.8) is 0 Å². The molecule has 0 aliphatic carbocycles. The standard InChI is InChI=1S/C14H14N4O4S/c1-16-10-11(17(2)14(20)18(3)12(10)19)15-13(16)23(21,22)9-7-5-4-6-8-9/h4-8H,1-3H3. The van der Waals surface area contributed by atoms with E-state index in [0.717, 1.165) is 9.13 Å². The van der Waals surface area contributed by atoms with Gasteiger partial charge in [-0.15, -0.1) is 0 Å². The molecule has 3 rings (SSSR count). The van der Waals surface area contributed by atoms with Crippen molar-refractivity contribution in [3.05, 3.63) is 51.2 Å². The van der Waals surface area contributed by atoms with Crippen LogP contribution in [0.3, 0.4) is 0 Å². The maximum Gasteiger partial charge on any atom is 0.332 e. The fraction of sp³-hybridized carbons (Fsp3) is 0.214. The minimum atomic E-state index is -3.90. The van der Waals surface area contributed by atoms with Crippen molar-refractivity contribution in [2.45, 2.75) is 10.1 Å². The van der Waals surface area contributed by atoms with Gasteiger partial charge in [-0.1, -0.05) is 18.2 Å². The summed E-state index contributed by atoms with van der Waals surface area (Å²) in [7, 11) is 0.315. The van der Waals surface area contributed by atoms with Gasteiger partial charge in [-0.25, -0.2) is 13.2 Å². The first-order valence-corrected chi connectivity index (χ1v) is 8.17. The molecule has 1 aromatic carbocycles. The SMILES string of the molecule is Cn1c(=O)c2c(nc(S(=O)(=O)c3ccccc3)n2C)n(C)c1=O. The topological polar surface area (TPSA) is 96.0 Å². The lowest BCUT2D eigenvalue weighted by Crippen LogP contribution is -2.37. The van der Waals surface area contributed by atoms with Crippen molar-refractivity contribution in [2.75, 3.05) is 0 Å². The van der Waals surface area contributed by atoms with Crippen molar-refractivity contribution in [1.82, 2.24) is 18.7 Å². The van der Waals surface area contributed by atoms with E-state index in [-0.39, 0.29) is 21.2 Å². The first-order valence-electron chi connectivity index (χ1n) is 6.69. The van der Waals surface area contributed by atoms with Gasteiger partial charge in [0.15, 0.2) is 11.2 Å². The highest BCUT2D eigenvalue weighted by Crippen LogP contribution is 2.21. The lowest BCUT2D eigenvalue weighted by atomic mass is 10.4. The Labute approximate surface area is 131 Å². The fourth-order valence-corrected chi connectivity index (χ4v) is 3.83. The first kappa shape index (κ1) is 15.2. The van der Waals surface area contributed by atoms with Crippen LogP contribution in [0.25, 0.3) is 11.2 Å². The van der Waals surface area contributed by atoms with Crippen molar-refractivity contribution in [3.8, 4) is 0 Å². The maximum atomic E-state index is 12.7. The van der Waals surface area contributed by atoms with Gasteiger partial charge in [0.25, 0.3) is 5.56 Å². The van der Waals surface area contributed by atoms with Crippen LogP contribution >= 0.6 is 0 Å². The minimum Gasteiger partial charge on any atom is -0.312 e. The van der Waals surface area contributed by atoms with Crippen LogP contribution in [-0.4, -0.2) is 27.1 Å². The summed E-state index contributed by atoms with van der Waals surface area (Å²) in [5, 5.41) is -0.281. The lowest BCUT2D eigenvalue weighted by Gasteiger charge is -2.04. The summed E-state index contributed by atoms with van der Waals surface area (Å²) < 4.78 is 28.8. The molecule has 2 heterocycles. The third kappa shape index (κ3) is 2.04. The minimum absolute atomic E-state index is 0.0371. The molecule has 0 bridgehead atoms. The summed E-state index contributed by atoms with van der Waals surface area (Å²) in [6, 6.07) is 7.81. The molecule has 0 amide bonds. The summed E-state index contributed by atoms with van der Waals surface area (Å²) in [5.41, 5.74) is -1.06. The molecule has 0 spiro atoms. The molecule has 8 nitrogen and oxygen atoms in total. The largest absolute Gasteiger partial charge is 0.332 e. The second-order valence-electron chi connectivity index (χ2n) is 5.15. The van der Waals surface area contributed by atoms with Gasteiger partial charge in [0.05, 0.1) is 4.90 Å². The van der Waals surface area contributed by atoms with Crippen LogP contribution in [0, 0.1) is 0 Å². The molecule has 0 aliphatic rings. The maximum absolute atomic E-state index is 12.7. The number of fused-ring (bicyclic) bond motifs is 1. The van der Waals surface area contributed by atoms with E-state index in [2.05, 4.69) is 4.98 Å². The Morgan fingerprint density at radius 3 is 2.13 bits per heavy atom. The van der Waals surface area contributed by atoms with E-state index in [1.165, 1.54) is 37.8 Å². The molecule has 3 aromatic rings. The van der Waals surface area contributed by atoms with Crippen LogP contribution in [0.5, 0.6) is 0 Å². The van der Waals surface area contributed by atoms with E-state index in [4.69, 9.17) is 0 Å². The lowest BCUT2D eigenvalue weighted by molar-refractivity contribution is 0.580. The molecular formula is C14H14N4O4S. The second-order valence-corrected chi connectivity index (χ2v) is 6.99. The molecule has 0 unspecified atom stereocenters. The van der Waals surface area contributed by atoms with Gasteiger partial charge in [0, 0.05) is 21.1 Å². The van der Waals surface area contributed by atoms with Gasteiger partial charge in [0.2, 0.25) is 15.0 Å². The Morgan fingerprint density at radius 2 is 1.52 bits per heavy atom. The molecule has 0 saturated heterocycles. The zero-order valence-electron chi connectivity index (χ0n) is 12.7. The van der Waals surface area contributed by atoms with Crippen molar-refractivity contribution in [2.24, 2.45) is 21.1 Å². The number of hydrogen-bond donors (Lipinski definition) is 0. The van der Waals surface area contributed by atoms with Crippen LogP contribution in [0.1, 0.15) is 0 Å². The molecule has 0 atom stereocenters. The first-order chi connectivity index (χ1) is 10.8. The number of aromatic nitrogens is 4. The summed E-state index contributed by atoms with van der Waals surface area (Å²) in [6.07, 6.45) is 0. The molecule has 0 N–H and O–H groups in total. The van der Waals surface area contributed by atoms with Crippen LogP contribution in [0.4, 0.5) is 0 Å². The summed E-state index contributed by atoms with van der Waals surface area (Å²) in [6.45, 7) is 0. The van der Waals surface area contributed by atoms with Crippen molar-refractivity contribution >= 4 is 21.0 Å². The average Bonchev–Trinajstić information content (AvgIpc) is 2.90. The Kier molecular flexibility index (Phi) is 3.25. The summed E-state index contributed by atoms with van der Waals surface area (Å²) in [5.74, 6) is 0. The number of hydrogen-bond acceptors (Lipinski definition) is 5. The molecule has 23 heavy (non-hydrogen) atoms. The van der Waals surface area contributed by atoms with E-state index >= 15 is 0 Å². The number of imidazole rings is 1. The molecule has 0 aliphatic heterocycles. The van der Waals surface area contributed by atoms with E-state index in [0.29, 0.717) is 0 Å². The molecule has 120 valence electrons. The Balaban J connectivity index is 2.45. The van der Waals surface area contributed by atoms with Gasteiger partial charge in [-0.3, -0.25) is 13.9 Å². The zero-order chi connectivity index (χ0) is 16.9. The average molecular weight is 334 g/mol. The third-order valence-corrected chi connectivity index (χ3v) is 5.47. The highest BCUT2D eigenvalue weighted by atomic mass is 32.2. The second kappa shape index (κ2) is 4.92. The predicted molar refractivity (Wildman–Crippen MR) is 83.1 cm³/mol. The normalized spacial score (nSPS) is 12.0. The van der Waals surface area contributed by atoms with Crippen LogP contribution in [-0.2, 0) is 31.0 Å². The molecule has 2 aromatic heterocycles. The van der Waals surface area contributed by atoms with Gasteiger partial charge < -0.3 is 4.57 Å². The number of sulfone groups is 1. The van der Waals surface area contributed by atoms with Crippen molar-refractivity contribution in [1.29, 1.82) is 0 Å². The van der Waals surface area contributed by atoms with E-state index < -0.39 is 21.1 Å². The van der Waals surface area contributed by atoms with Crippen molar-refractivity contribution < 1.29 is 8.42 Å². The summed E-state index contributed by atoms with van der Waals surface area (Å²) >= 11 is 0. The van der Waals surface area contributed by atoms with Crippen LogP contribution in [0.15, 0.2) is 50.0 Å². The van der Waals surface area contributed by atoms with Gasteiger partial charge in [-0.2, -0.15) is 4.98 Å². The Hall–Kier alpha value is -2.68. The van der Waals surface area contributed by atoms with E-state index in [1.54, 1.807) is 18.2 Å². The van der Waals surface area contributed by atoms with E-state index in [1.807, 2.05) is 0 Å². The number of nitrogens with zero attached hydrogens (tertiary/aromatic N) is 4. The van der Waals surface area contributed by atoms with Crippen LogP contribution in [0.2, 0.25) is 0 Å². The smallest absolute Gasteiger partial charge is 0.312 e.